The summed E-state index contributed by atoms with van der Waals surface area (Å²) >= 11 is 27.0. The molecule has 5 heterocycles. The third kappa shape index (κ3) is 27.9. The first-order chi connectivity index (χ1) is 59.7. The first-order valence-corrected chi connectivity index (χ1v) is 49.9. The predicted molar refractivity (Wildman–Crippen MR) is 533 cm³/mol. The minimum atomic E-state index is 0.378. The van der Waals surface area contributed by atoms with Gasteiger partial charge >= 0.3 is 0 Å². The molecule has 15 nitrogen and oxygen atoms in total. The molecule has 122 heavy (non-hydrogen) atoms. The van der Waals surface area contributed by atoms with E-state index >= 15 is 0 Å². The zero-order valence-corrected chi connectivity index (χ0v) is 81.4. The molecule has 10 aromatic rings. The fraction of sp³-hybridized carbons (Fsp3) is 0.309. The standard InChI is InChI=1S/C22H25BrN2OS.C20H20N2OS.C19H21BrN2OS.C18H18Br2N2OS.C18H19BrN2OS/c23-17-10-11-20(26-18-6-1-2-7-18)16(14-17)15-27-21-9-4-3-8-19(21)22-24-12-5-13-25-22;1-3-15-9-10-18(23-2)16(13-15)14-24-19-8-5-4-7-17(19)20-21-11-6-12-22-20;1-13-4-7-18(16(10-13)19-21-8-3-9-22-19)24-12-14-11-15(20)5-6-17(14)23-2;1-23-16-5-3-13(19)9-12(16)11-24-17-6-4-14(20)10-15(17)18-21-7-2-8-22-18;1-22-16-8-4-7-15(19)14(16)12-23-17-9-3-2-6-13(17)18-20-10-5-11-21-18/h3-4,8-11,14,18H,1-2,5-7,12-13,15H2,(H,24,25);1,4-5,7-10,13H,6,11-12,14H2,2H3,(H,21,22);4-7,10-11H,3,8-9,12H2,1-2H3,(H,21,22);3-6,9-10H,2,7-8,11H2,1H3,(H,21,22);2-4,6-9H,5,10-12H2,1H3,(H,20,21). The van der Waals surface area contributed by atoms with Gasteiger partial charge in [-0.3, -0.25) is 25.0 Å². The van der Waals surface area contributed by atoms with Crippen LogP contribution in [0.3, 0.4) is 0 Å². The normalized spacial score (nSPS) is 14.7. The molecule has 0 radical (unpaired) electrons. The summed E-state index contributed by atoms with van der Waals surface area (Å²) in [6.07, 6.45) is 16.3. The number of thioether (sulfide) groups is 5. The first-order valence-electron chi connectivity index (χ1n) is 41.0. The fourth-order valence-electron chi connectivity index (χ4n) is 14.0. The number of rotatable bonds is 26. The van der Waals surface area contributed by atoms with Crippen molar-refractivity contribution in [2.24, 2.45) is 25.0 Å². The van der Waals surface area contributed by atoms with E-state index in [1.165, 1.54) is 94.7 Å². The summed E-state index contributed by atoms with van der Waals surface area (Å²) in [5.41, 5.74) is 13.9. The smallest absolute Gasteiger partial charge is 0.129 e. The maximum Gasteiger partial charge on any atom is 0.129 e. The Morgan fingerprint density at radius 2 is 0.689 bits per heavy atom. The van der Waals surface area contributed by atoms with Crippen LogP contribution in [0.25, 0.3) is 0 Å². The lowest BCUT2D eigenvalue weighted by Gasteiger charge is -2.19. The van der Waals surface area contributed by atoms with Crippen molar-refractivity contribution in [1.29, 1.82) is 0 Å². The van der Waals surface area contributed by atoms with Crippen LogP contribution in [-0.2, 0) is 28.8 Å². The molecule has 6 aliphatic rings. The van der Waals surface area contributed by atoms with E-state index in [0.29, 0.717) is 6.10 Å². The van der Waals surface area contributed by atoms with E-state index in [1.807, 2.05) is 78.1 Å². The van der Waals surface area contributed by atoms with E-state index in [4.69, 9.17) is 30.1 Å². The molecular formula is C97H103Br5N10O5S5. The molecule has 0 bridgehead atoms. The quantitative estimate of drug-likeness (QED) is 0.0256. The van der Waals surface area contributed by atoms with E-state index in [-0.39, 0.29) is 0 Å². The van der Waals surface area contributed by atoms with Crippen LogP contribution in [0.15, 0.2) is 272 Å². The number of amidine groups is 5. The highest BCUT2D eigenvalue weighted by Gasteiger charge is 2.23. The molecule has 636 valence electrons. The summed E-state index contributed by atoms with van der Waals surface area (Å²) in [5, 5.41) is 17.1. The van der Waals surface area contributed by atoms with Crippen molar-refractivity contribution in [3.63, 3.8) is 0 Å². The van der Waals surface area contributed by atoms with Crippen LogP contribution in [-0.4, -0.2) is 129 Å². The molecule has 10 aromatic carbocycles. The summed E-state index contributed by atoms with van der Waals surface area (Å²) < 4.78 is 33.6. The van der Waals surface area contributed by atoms with Gasteiger partial charge in [-0.2, -0.15) is 0 Å². The van der Waals surface area contributed by atoms with Crippen molar-refractivity contribution >= 4 is 168 Å². The summed E-state index contributed by atoms with van der Waals surface area (Å²) in [7, 11) is 6.83. The van der Waals surface area contributed by atoms with Crippen molar-refractivity contribution in [3.05, 3.63) is 289 Å². The Morgan fingerprint density at radius 1 is 0.344 bits per heavy atom. The Labute approximate surface area is 783 Å². The number of hydrogen-bond acceptors (Lipinski definition) is 20. The average molecular weight is 2050 g/mol. The van der Waals surface area contributed by atoms with Crippen LogP contribution in [0.1, 0.15) is 125 Å². The minimum Gasteiger partial charge on any atom is -0.496 e. The summed E-state index contributed by atoms with van der Waals surface area (Å²) in [4.78, 5) is 29.4. The van der Waals surface area contributed by atoms with E-state index < -0.39 is 0 Å². The van der Waals surface area contributed by atoms with Crippen molar-refractivity contribution in [2.75, 3.05) is 93.9 Å². The summed E-state index contributed by atoms with van der Waals surface area (Å²) in [6, 6.07) is 68.8. The van der Waals surface area contributed by atoms with Gasteiger partial charge in [-0.15, -0.1) is 65.2 Å². The molecule has 0 saturated heterocycles. The van der Waals surface area contributed by atoms with Gasteiger partial charge in [0, 0.05) is 202 Å². The van der Waals surface area contributed by atoms with E-state index in [9.17, 15) is 0 Å². The van der Waals surface area contributed by atoms with Crippen LogP contribution in [0.2, 0.25) is 0 Å². The highest BCUT2D eigenvalue weighted by molar-refractivity contribution is 9.11. The molecule has 0 amide bonds. The molecule has 1 fully saturated rings. The molecule has 25 heteroatoms. The first kappa shape index (κ1) is 93.4. The lowest BCUT2D eigenvalue weighted by molar-refractivity contribution is 0.208. The second kappa shape index (κ2) is 49.8. The second-order valence-electron chi connectivity index (χ2n) is 28.9. The van der Waals surface area contributed by atoms with Crippen molar-refractivity contribution in [1.82, 2.24) is 26.6 Å². The molecular weight excluding hydrogens is 1940 g/mol. The van der Waals surface area contributed by atoms with Gasteiger partial charge in [0.2, 0.25) is 0 Å². The van der Waals surface area contributed by atoms with Gasteiger partial charge in [0.25, 0.3) is 0 Å². The number of terminal acetylenes is 1. The average Bonchev–Trinajstić information content (AvgIpc) is 0.952. The number of aryl methyl sites for hydroxylation is 1. The lowest BCUT2D eigenvalue weighted by atomic mass is 10.1. The maximum atomic E-state index is 6.33. The van der Waals surface area contributed by atoms with Gasteiger partial charge in [0.1, 0.15) is 57.9 Å². The highest BCUT2D eigenvalue weighted by Crippen LogP contribution is 2.40. The maximum absolute atomic E-state index is 6.33. The minimum absolute atomic E-state index is 0.378. The third-order valence-electron chi connectivity index (χ3n) is 20.3. The van der Waals surface area contributed by atoms with Gasteiger partial charge < -0.3 is 50.3 Å². The Morgan fingerprint density at radius 3 is 1.10 bits per heavy atom. The van der Waals surface area contributed by atoms with Crippen molar-refractivity contribution in [3.8, 4) is 41.1 Å². The number of hydrogen-bond donors (Lipinski definition) is 5. The Kier molecular flexibility index (Phi) is 38.1. The molecule has 16 rings (SSSR count). The fourth-order valence-corrected chi connectivity index (χ4v) is 21.4. The number of nitrogens with zero attached hydrogens (tertiary/aromatic N) is 5. The molecule has 0 spiro atoms. The molecule has 0 unspecified atom stereocenters. The van der Waals surface area contributed by atoms with E-state index in [1.54, 1.807) is 63.7 Å². The number of methoxy groups -OCH3 is 4. The van der Waals surface area contributed by atoms with Crippen LogP contribution in [0.4, 0.5) is 0 Å². The third-order valence-corrected chi connectivity index (χ3v) is 28.6. The number of halogens is 5. The molecule has 5 aliphatic heterocycles. The largest absolute Gasteiger partial charge is 0.496 e. The number of benzene rings is 10. The van der Waals surface area contributed by atoms with Gasteiger partial charge in [-0.1, -0.05) is 158 Å². The van der Waals surface area contributed by atoms with E-state index in [0.717, 1.165) is 229 Å². The van der Waals surface area contributed by atoms with Gasteiger partial charge in [0.15, 0.2) is 0 Å². The Bertz CT molecular complexity index is 5240. The molecule has 0 atom stereocenters. The molecule has 1 aliphatic carbocycles. The van der Waals surface area contributed by atoms with Gasteiger partial charge in [-0.25, -0.2) is 0 Å². The second-order valence-corrected chi connectivity index (χ2v) is 38.5. The SMILES string of the molecule is Brc1ccc(OC2CCCC2)c(CSc2ccccc2C2=NCCCN2)c1.C#Cc1ccc(OC)c(CSc2ccccc2C2=NCCCN2)c1.COc1ccc(Br)cc1CSc1ccc(Br)cc1C1=NCCCN1.COc1ccc(Br)cc1CSc1ccc(C)cc1C1=NCCCN1.COc1cccc(Br)c1CSc1ccccc1C1=NCCCN1. The van der Waals surface area contributed by atoms with E-state index in [2.05, 4.69) is 290 Å². The van der Waals surface area contributed by atoms with Crippen LogP contribution in [0.5, 0.6) is 28.7 Å². The van der Waals surface area contributed by atoms with Crippen molar-refractivity contribution < 1.29 is 23.7 Å². The topological polar surface area (TPSA) is 168 Å². The molecule has 0 aromatic heterocycles. The van der Waals surface area contributed by atoms with Gasteiger partial charge in [-0.05, 0) is 198 Å². The Balaban J connectivity index is 0.000000140. The summed E-state index contributed by atoms with van der Waals surface area (Å²) in [5.74, 6) is 16.6. The zero-order chi connectivity index (χ0) is 85.2. The Hall–Kier alpha value is -7.74. The lowest BCUT2D eigenvalue weighted by Crippen LogP contribution is -2.30. The highest BCUT2D eigenvalue weighted by atomic mass is 79.9. The number of ether oxygens (including phenoxy) is 5. The van der Waals surface area contributed by atoms with Crippen LogP contribution < -0.4 is 50.3 Å². The molecule has 1 saturated carbocycles. The monoisotopic (exact) mass is 2040 g/mol. The number of nitrogens with one attached hydrogen (secondary N) is 5. The zero-order valence-electron chi connectivity index (χ0n) is 69.4. The van der Waals surface area contributed by atoms with Crippen LogP contribution in [0, 0.1) is 19.3 Å². The van der Waals surface area contributed by atoms with Gasteiger partial charge in [0.05, 0.1) is 34.5 Å². The van der Waals surface area contributed by atoms with Crippen molar-refractivity contribution in [2.45, 2.75) is 124 Å². The molecule has 5 N–H and O–H groups in total. The van der Waals surface area contributed by atoms with Crippen LogP contribution >= 0.6 is 138 Å². The number of aliphatic imine (C=N–C) groups is 5. The predicted octanol–water partition coefficient (Wildman–Crippen LogP) is 24.1. The summed E-state index contributed by atoms with van der Waals surface area (Å²) in [6.45, 7) is 11.6.